The Hall–Kier alpha value is -0.160. The van der Waals surface area contributed by atoms with Gasteiger partial charge in [-0.25, -0.2) is 4.98 Å². The van der Waals surface area contributed by atoms with Crippen molar-refractivity contribution in [1.82, 2.24) is 4.98 Å². The van der Waals surface area contributed by atoms with Crippen molar-refractivity contribution in [3.05, 3.63) is 23.9 Å². The summed E-state index contributed by atoms with van der Waals surface area (Å²) in [4.78, 5) is 6.74. The average molecular weight is 282 g/mol. The SMILES string of the molecule is Cl.Cl.NCc1ccc(N2CCSCC2)nc1. The number of thioether (sulfide) groups is 1. The van der Waals surface area contributed by atoms with Crippen LogP contribution in [0.3, 0.4) is 0 Å². The second kappa shape index (κ2) is 8.01. The highest BCUT2D eigenvalue weighted by Crippen LogP contribution is 2.16. The molecule has 1 saturated heterocycles. The molecule has 0 unspecified atom stereocenters. The summed E-state index contributed by atoms with van der Waals surface area (Å²) in [7, 11) is 0. The highest BCUT2D eigenvalue weighted by atomic mass is 35.5. The van der Waals surface area contributed by atoms with Crippen LogP contribution in [0, 0.1) is 0 Å². The van der Waals surface area contributed by atoms with Crippen molar-refractivity contribution in [3.63, 3.8) is 0 Å². The van der Waals surface area contributed by atoms with Crippen LogP contribution in [0.2, 0.25) is 0 Å². The molecule has 0 amide bonds. The lowest BCUT2D eigenvalue weighted by Gasteiger charge is -2.27. The summed E-state index contributed by atoms with van der Waals surface area (Å²) < 4.78 is 0. The highest BCUT2D eigenvalue weighted by molar-refractivity contribution is 7.99. The summed E-state index contributed by atoms with van der Waals surface area (Å²) >= 11 is 2.01. The van der Waals surface area contributed by atoms with Crippen molar-refractivity contribution in [3.8, 4) is 0 Å². The standard InChI is InChI=1S/C10H15N3S.2ClH/c11-7-9-1-2-10(12-8-9)13-3-5-14-6-4-13;;/h1-2,8H,3-7,11H2;2*1H. The van der Waals surface area contributed by atoms with E-state index in [2.05, 4.69) is 22.0 Å². The fraction of sp³-hybridized carbons (Fsp3) is 0.500. The number of nitrogens with zero attached hydrogens (tertiary/aromatic N) is 2. The van der Waals surface area contributed by atoms with Crippen LogP contribution in [0.5, 0.6) is 0 Å². The zero-order valence-electron chi connectivity index (χ0n) is 8.96. The van der Waals surface area contributed by atoms with Crippen molar-refractivity contribution in [1.29, 1.82) is 0 Å². The molecule has 1 aliphatic rings. The van der Waals surface area contributed by atoms with Gasteiger partial charge in [-0.1, -0.05) is 6.07 Å². The molecule has 0 aliphatic carbocycles. The van der Waals surface area contributed by atoms with E-state index in [1.165, 1.54) is 11.5 Å². The van der Waals surface area contributed by atoms with Crippen LogP contribution in [0.1, 0.15) is 5.56 Å². The van der Waals surface area contributed by atoms with E-state index in [0.717, 1.165) is 24.5 Å². The number of rotatable bonds is 2. The zero-order chi connectivity index (χ0) is 9.80. The predicted octanol–water partition coefficient (Wildman–Crippen LogP) is 1.94. The lowest BCUT2D eigenvalue weighted by Crippen LogP contribution is -2.33. The molecule has 1 fully saturated rings. The summed E-state index contributed by atoms with van der Waals surface area (Å²) in [5, 5.41) is 0. The van der Waals surface area contributed by atoms with E-state index in [9.17, 15) is 0 Å². The first-order valence-electron chi connectivity index (χ1n) is 4.88. The number of hydrogen-bond acceptors (Lipinski definition) is 4. The maximum absolute atomic E-state index is 5.52. The van der Waals surface area contributed by atoms with Gasteiger partial charge in [0.25, 0.3) is 0 Å². The molecule has 92 valence electrons. The van der Waals surface area contributed by atoms with Gasteiger partial charge in [-0.3, -0.25) is 0 Å². The van der Waals surface area contributed by atoms with Gasteiger partial charge in [0.1, 0.15) is 5.82 Å². The van der Waals surface area contributed by atoms with Crippen LogP contribution < -0.4 is 10.6 Å². The van der Waals surface area contributed by atoms with Crippen LogP contribution in [-0.4, -0.2) is 29.6 Å². The van der Waals surface area contributed by atoms with Gasteiger partial charge in [-0.05, 0) is 11.6 Å². The Morgan fingerprint density at radius 1 is 1.25 bits per heavy atom. The number of halogens is 2. The second-order valence-electron chi connectivity index (χ2n) is 3.33. The van der Waals surface area contributed by atoms with Crippen LogP contribution >= 0.6 is 36.6 Å². The lowest BCUT2D eigenvalue weighted by molar-refractivity contribution is 0.837. The fourth-order valence-corrected chi connectivity index (χ4v) is 2.42. The minimum Gasteiger partial charge on any atom is -0.355 e. The maximum Gasteiger partial charge on any atom is 0.128 e. The smallest absolute Gasteiger partial charge is 0.128 e. The molecule has 2 N–H and O–H groups in total. The van der Waals surface area contributed by atoms with Crippen molar-refractivity contribution in [2.45, 2.75) is 6.54 Å². The van der Waals surface area contributed by atoms with E-state index in [4.69, 9.17) is 5.73 Å². The van der Waals surface area contributed by atoms with Gasteiger partial charge in [0, 0.05) is 37.3 Å². The number of nitrogens with two attached hydrogens (primary N) is 1. The average Bonchev–Trinajstić information content (AvgIpc) is 2.30. The highest BCUT2D eigenvalue weighted by Gasteiger charge is 2.11. The van der Waals surface area contributed by atoms with E-state index >= 15 is 0 Å². The first kappa shape index (κ1) is 15.8. The third kappa shape index (κ3) is 4.01. The number of aromatic nitrogens is 1. The summed E-state index contributed by atoms with van der Waals surface area (Å²) in [5.41, 5.74) is 6.62. The molecule has 2 rings (SSSR count). The largest absolute Gasteiger partial charge is 0.355 e. The molecule has 0 radical (unpaired) electrons. The van der Waals surface area contributed by atoms with Crippen molar-refractivity contribution in [2.75, 3.05) is 29.5 Å². The van der Waals surface area contributed by atoms with Crippen molar-refractivity contribution >= 4 is 42.4 Å². The molecule has 0 saturated carbocycles. The third-order valence-corrected chi connectivity index (χ3v) is 3.32. The van der Waals surface area contributed by atoms with Gasteiger partial charge < -0.3 is 10.6 Å². The Morgan fingerprint density at radius 2 is 1.94 bits per heavy atom. The number of anilines is 1. The molecular formula is C10H17Cl2N3S. The summed E-state index contributed by atoms with van der Waals surface area (Å²) in [6.07, 6.45) is 1.87. The van der Waals surface area contributed by atoms with Crippen LogP contribution in [0.15, 0.2) is 18.3 Å². The summed E-state index contributed by atoms with van der Waals surface area (Å²) in [5.74, 6) is 3.50. The Kier molecular flexibility index (Phi) is 7.93. The van der Waals surface area contributed by atoms with Gasteiger partial charge in [0.15, 0.2) is 0 Å². The number of hydrogen-bond donors (Lipinski definition) is 1. The first-order chi connectivity index (χ1) is 6.90. The molecule has 1 aromatic rings. The maximum atomic E-state index is 5.52. The van der Waals surface area contributed by atoms with Gasteiger partial charge in [-0.15, -0.1) is 24.8 Å². The fourth-order valence-electron chi connectivity index (χ4n) is 1.52. The van der Waals surface area contributed by atoms with E-state index in [1.807, 2.05) is 18.0 Å². The van der Waals surface area contributed by atoms with E-state index in [-0.39, 0.29) is 24.8 Å². The molecule has 2 heterocycles. The molecule has 0 spiro atoms. The van der Waals surface area contributed by atoms with Crippen LogP contribution in [0.4, 0.5) is 5.82 Å². The molecular weight excluding hydrogens is 265 g/mol. The minimum atomic E-state index is 0. The molecule has 16 heavy (non-hydrogen) atoms. The summed E-state index contributed by atoms with van der Waals surface area (Å²) in [6.45, 7) is 2.79. The lowest BCUT2D eigenvalue weighted by atomic mass is 10.3. The Balaban J connectivity index is 0.00000112. The van der Waals surface area contributed by atoms with E-state index < -0.39 is 0 Å². The monoisotopic (exact) mass is 281 g/mol. The van der Waals surface area contributed by atoms with Gasteiger partial charge in [0.2, 0.25) is 0 Å². The minimum absolute atomic E-state index is 0. The predicted molar refractivity (Wildman–Crippen MR) is 76.2 cm³/mol. The van der Waals surface area contributed by atoms with Gasteiger partial charge in [0.05, 0.1) is 0 Å². The second-order valence-corrected chi connectivity index (χ2v) is 4.55. The molecule has 6 heteroatoms. The first-order valence-corrected chi connectivity index (χ1v) is 6.03. The molecule has 3 nitrogen and oxygen atoms in total. The number of pyridine rings is 1. The summed E-state index contributed by atoms with van der Waals surface area (Å²) in [6, 6.07) is 4.13. The molecule has 0 atom stereocenters. The van der Waals surface area contributed by atoms with E-state index in [0.29, 0.717) is 6.54 Å². The van der Waals surface area contributed by atoms with Gasteiger partial charge in [-0.2, -0.15) is 11.8 Å². The van der Waals surface area contributed by atoms with Crippen LogP contribution in [0.25, 0.3) is 0 Å². The van der Waals surface area contributed by atoms with Crippen LogP contribution in [-0.2, 0) is 6.54 Å². The van der Waals surface area contributed by atoms with Gasteiger partial charge >= 0.3 is 0 Å². The molecule has 0 aromatic carbocycles. The van der Waals surface area contributed by atoms with E-state index in [1.54, 1.807) is 0 Å². The zero-order valence-corrected chi connectivity index (χ0v) is 11.4. The van der Waals surface area contributed by atoms with Crippen molar-refractivity contribution in [2.24, 2.45) is 5.73 Å². The third-order valence-electron chi connectivity index (χ3n) is 2.38. The normalized spacial score (nSPS) is 14.9. The Bertz CT molecular complexity index is 289. The Labute approximate surface area is 113 Å². The molecule has 1 aromatic heterocycles. The van der Waals surface area contributed by atoms with Crippen molar-refractivity contribution < 1.29 is 0 Å². The molecule has 0 bridgehead atoms. The molecule has 1 aliphatic heterocycles. The Morgan fingerprint density at radius 3 is 2.44 bits per heavy atom. The quantitative estimate of drug-likeness (QED) is 0.900. The topological polar surface area (TPSA) is 42.1 Å².